The summed E-state index contributed by atoms with van der Waals surface area (Å²) < 4.78 is 19.1. The molecular weight excluding hydrogens is 229 g/mol. The number of halogens is 1. The van der Waals surface area contributed by atoms with Gasteiger partial charge < -0.3 is 10.1 Å². The average molecular weight is 251 g/mol. The van der Waals surface area contributed by atoms with E-state index in [2.05, 4.69) is 19.2 Å². The van der Waals surface area contributed by atoms with Crippen LogP contribution in [-0.2, 0) is 4.74 Å². The lowest BCUT2D eigenvalue weighted by Gasteiger charge is -2.33. The molecule has 3 heteroatoms. The van der Waals surface area contributed by atoms with Gasteiger partial charge in [-0.3, -0.25) is 0 Å². The third kappa shape index (κ3) is 3.45. The molecule has 0 saturated carbocycles. The first kappa shape index (κ1) is 13.3. The van der Waals surface area contributed by atoms with Crippen LogP contribution in [0.4, 0.5) is 10.1 Å². The molecule has 0 amide bonds. The molecule has 0 bridgehead atoms. The Balaban J connectivity index is 2.00. The highest BCUT2D eigenvalue weighted by Gasteiger charge is 2.24. The zero-order valence-electron chi connectivity index (χ0n) is 11.4. The second-order valence-corrected chi connectivity index (χ2v) is 5.54. The van der Waals surface area contributed by atoms with Gasteiger partial charge in [0.15, 0.2) is 0 Å². The second kappa shape index (κ2) is 5.70. The third-order valence-electron chi connectivity index (χ3n) is 3.47. The van der Waals surface area contributed by atoms with Gasteiger partial charge in [-0.05, 0) is 49.4 Å². The molecule has 18 heavy (non-hydrogen) atoms. The predicted molar refractivity (Wildman–Crippen MR) is 72.4 cm³/mol. The van der Waals surface area contributed by atoms with Crippen molar-refractivity contribution >= 4 is 5.69 Å². The number of aryl methyl sites for hydroxylation is 1. The van der Waals surface area contributed by atoms with E-state index in [-0.39, 0.29) is 5.82 Å². The second-order valence-electron chi connectivity index (χ2n) is 5.54. The minimum absolute atomic E-state index is 0.176. The molecule has 1 heterocycles. The SMILES string of the molecule is Cc1cc(F)cc(NC2CCOC(C(C)C)C2)c1. The molecule has 0 radical (unpaired) electrons. The topological polar surface area (TPSA) is 21.3 Å². The van der Waals surface area contributed by atoms with Gasteiger partial charge in [0, 0.05) is 18.3 Å². The number of ether oxygens (including phenoxy) is 1. The average Bonchev–Trinajstić information content (AvgIpc) is 2.27. The van der Waals surface area contributed by atoms with Crippen LogP contribution in [0.5, 0.6) is 0 Å². The molecule has 1 aromatic rings. The molecule has 1 fully saturated rings. The first-order valence-corrected chi connectivity index (χ1v) is 6.70. The van der Waals surface area contributed by atoms with Crippen molar-refractivity contribution in [3.05, 3.63) is 29.6 Å². The van der Waals surface area contributed by atoms with Crippen molar-refractivity contribution in [3.63, 3.8) is 0 Å². The summed E-state index contributed by atoms with van der Waals surface area (Å²) in [6.45, 7) is 7.06. The Morgan fingerprint density at radius 3 is 2.78 bits per heavy atom. The molecule has 2 nitrogen and oxygen atoms in total. The number of hydrogen-bond acceptors (Lipinski definition) is 2. The summed E-state index contributed by atoms with van der Waals surface area (Å²) in [5, 5.41) is 3.43. The maximum absolute atomic E-state index is 13.3. The fourth-order valence-electron chi connectivity index (χ4n) is 2.48. The van der Waals surface area contributed by atoms with Gasteiger partial charge in [-0.1, -0.05) is 13.8 Å². The van der Waals surface area contributed by atoms with Crippen LogP contribution in [-0.4, -0.2) is 18.8 Å². The molecule has 1 aliphatic heterocycles. The zero-order chi connectivity index (χ0) is 13.1. The third-order valence-corrected chi connectivity index (χ3v) is 3.47. The maximum Gasteiger partial charge on any atom is 0.125 e. The van der Waals surface area contributed by atoms with Gasteiger partial charge in [-0.25, -0.2) is 4.39 Å². The van der Waals surface area contributed by atoms with E-state index < -0.39 is 0 Å². The molecule has 0 aromatic heterocycles. The summed E-state index contributed by atoms with van der Waals surface area (Å²) in [6, 6.07) is 5.48. The van der Waals surface area contributed by atoms with Crippen LogP contribution >= 0.6 is 0 Å². The van der Waals surface area contributed by atoms with Crippen molar-refractivity contribution in [2.24, 2.45) is 5.92 Å². The van der Waals surface area contributed by atoms with E-state index in [1.165, 1.54) is 0 Å². The van der Waals surface area contributed by atoms with Crippen molar-refractivity contribution in [1.82, 2.24) is 0 Å². The quantitative estimate of drug-likeness (QED) is 0.883. The maximum atomic E-state index is 13.3. The normalized spacial score (nSPS) is 24.3. The molecule has 100 valence electrons. The van der Waals surface area contributed by atoms with Crippen LogP contribution in [0.2, 0.25) is 0 Å². The van der Waals surface area contributed by atoms with Crippen molar-refractivity contribution in [2.75, 3.05) is 11.9 Å². The Hall–Kier alpha value is -1.09. The first-order chi connectivity index (χ1) is 8.54. The number of benzene rings is 1. The number of anilines is 1. The van der Waals surface area contributed by atoms with Crippen LogP contribution < -0.4 is 5.32 Å². The Morgan fingerprint density at radius 1 is 1.33 bits per heavy atom. The number of rotatable bonds is 3. The Bertz CT molecular complexity index is 385. The molecule has 2 unspecified atom stereocenters. The summed E-state index contributed by atoms with van der Waals surface area (Å²) in [6.07, 6.45) is 2.29. The first-order valence-electron chi connectivity index (χ1n) is 6.70. The van der Waals surface area contributed by atoms with Crippen LogP contribution in [0, 0.1) is 18.7 Å². The van der Waals surface area contributed by atoms with Crippen LogP contribution in [0.15, 0.2) is 18.2 Å². The number of hydrogen-bond donors (Lipinski definition) is 1. The van der Waals surface area contributed by atoms with Crippen molar-refractivity contribution < 1.29 is 9.13 Å². The number of nitrogens with one attached hydrogen (secondary N) is 1. The van der Waals surface area contributed by atoms with Gasteiger partial charge in [0.05, 0.1) is 6.10 Å². The molecule has 0 spiro atoms. The minimum Gasteiger partial charge on any atom is -0.382 e. The van der Waals surface area contributed by atoms with Crippen LogP contribution in [0.1, 0.15) is 32.3 Å². The van der Waals surface area contributed by atoms with E-state index in [0.717, 1.165) is 30.7 Å². The fourth-order valence-corrected chi connectivity index (χ4v) is 2.48. The zero-order valence-corrected chi connectivity index (χ0v) is 11.4. The summed E-state index contributed by atoms with van der Waals surface area (Å²) >= 11 is 0. The lowest BCUT2D eigenvalue weighted by Crippen LogP contribution is -2.36. The van der Waals surface area contributed by atoms with E-state index in [0.29, 0.717) is 18.1 Å². The van der Waals surface area contributed by atoms with E-state index in [1.807, 2.05) is 13.0 Å². The standard InChI is InChI=1S/C15H22FNO/c1-10(2)15-9-13(4-5-18-15)17-14-7-11(3)6-12(16)8-14/h6-8,10,13,15,17H,4-5,9H2,1-3H3. The highest BCUT2D eigenvalue weighted by molar-refractivity contribution is 5.46. The van der Waals surface area contributed by atoms with Gasteiger partial charge >= 0.3 is 0 Å². The monoisotopic (exact) mass is 251 g/mol. The predicted octanol–water partition coefficient (Wildman–Crippen LogP) is 3.75. The van der Waals surface area contributed by atoms with E-state index >= 15 is 0 Å². The molecule has 1 aliphatic rings. The van der Waals surface area contributed by atoms with Gasteiger partial charge in [-0.2, -0.15) is 0 Å². The smallest absolute Gasteiger partial charge is 0.125 e. The Labute approximate surface area is 109 Å². The van der Waals surface area contributed by atoms with Gasteiger partial charge in [0.25, 0.3) is 0 Å². The van der Waals surface area contributed by atoms with Gasteiger partial charge in [0.2, 0.25) is 0 Å². The van der Waals surface area contributed by atoms with E-state index in [1.54, 1.807) is 12.1 Å². The Kier molecular flexibility index (Phi) is 4.23. The fraction of sp³-hybridized carbons (Fsp3) is 0.600. The molecule has 1 saturated heterocycles. The lowest BCUT2D eigenvalue weighted by molar-refractivity contribution is -0.0160. The molecule has 1 aromatic carbocycles. The Morgan fingerprint density at radius 2 is 2.11 bits per heavy atom. The largest absolute Gasteiger partial charge is 0.382 e. The van der Waals surface area contributed by atoms with Crippen LogP contribution in [0.3, 0.4) is 0 Å². The highest BCUT2D eigenvalue weighted by Crippen LogP contribution is 2.24. The van der Waals surface area contributed by atoms with E-state index in [9.17, 15) is 4.39 Å². The van der Waals surface area contributed by atoms with Crippen molar-refractivity contribution in [3.8, 4) is 0 Å². The summed E-state index contributed by atoms with van der Waals surface area (Å²) in [7, 11) is 0. The molecule has 1 N–H and O–H groups in total. The molecule has 0 aliphatic carbocycles. The van der Waals surface area contributed by atoms with Crippen molar-refractivity contribution in [2.45, 2.75) is 45.8 Å². The van der Waals surface area contributed by atoms with Crippen molar-refractivity contribution in [1.29, 1.82) is 0 Å². The minimum atomic E-state index is -0.176. The lowest BCUT2D eigenvalue weighted by atomic mass is 9.95. The van der Waals surface area contributed by atoms with Crippen LogP contribution in [0.25, 0.3) is 0 Å². The summed E-state index contributed by atoms with van der Waals surface area (Å²) in [4.78, 5) is 0. The molecular formula is C15H22FNO. The highest BCUT2D eigenvalue weighted by atomic mass is 19.1. The summed E-state index contributed by atoms with van der Waals surface area (Å²) in [5.74, 6) is 0.355. The summed E-state index contributed by atoms with van der Waals surface area (Å²) in [5.41, 5.74) is 1.83. The van der Waals surface area contributed by atoms with Gasteiger partial charge in [-0.15, -0.1) is 0 Å². The van der Waals surface area contributed by atoms with E-state index in [4.69, 9.17) is 4.74 Å². The molecule has 2 rings (SSSR count). The molecule has 2 atom stereocenters. The van der Waals surface area contributed by atoms with Gasteiger partial charge in [0.1, 0.15) is 5.82 Å².